The van der Waals surface area contributed by atoms with Crippen molar-refractivity contribution >= 4 is 15.7 Å². The van der Waals surface area contributed by atoms with Crippen LogP contribution in [-0.2, 0) is 10.0 Å². The third kappa shape index (κ3) is 2.98. The lowest BCUT2D eigenvalue weighted by Crippen LogP contribution is -2.37. The van der Waals surface area contributed by atoms with E-state index in [1.54, 1.807) is 4.31 Å². The SMILES string of the molecule is CS(=O)(=O)N1CCC(c2cccc(N)c2)CC1. The zero-order chi connectivity index (χ0) is 12.5. The Bertz CT molecular complexity index is 491. The Balaban J connectivity index is 2.05. The van der Waals surface area contributed by atoms with Crippen LogP contribution in [0.1, 0.15) is 24.3 Å². The molecular formula is C12H18N2O2S. The molecule has 1 aromatic rings. The van der Waals surface area contributed by atoms with Gasteiger partial charge in [-0.15, -0.1) is 0 Å². The Morgan fingerprint density at radius 1 is 1.29 bits per heavy atom. The number of nitrogens with zero attached hydrogens (tertiary/aromatic N) is 1. The average Bonchev–Trinajstić information content (AvgIpc) is 2.28. The molecule has 0 aliphatic carbocycles. The quantitative estimate of drug-likeness (QED) is 0.812. The number of piperidine rings is 1. The van der Waals surface area contributed by atoms with E-state index >= 15 is 0 Å². The average molecular weight is 254 g/mol. The summed E-state index contributed by atoms with van der Waals surface area (Å²) in [7, 11) is -3.03. The molecule has 0 radical (unpaired) electrons. The van der Waals surface area contributed by atoms with E-state index in [-0.39, 0.29) is 0 Å². The van der Waals surface area contributed by atoms with Gasteiger partial charge in [0.2, 0.25) is 10.0 Å². The predicted molar refractivity (Wildman–Crippen MR) is 69.2 cm³/mol. The van der Waals surface area contributed by atoms with Crippen LogP contribution in [-0.4, -0.2) is 32.1 Å². The maximum Gasteiger partial charge on any atom is 0.211 e. The van der Waals surface area contributed by atoms with E-state index in [0.717, 1.165) is 18.5 Å². The van der Waals surface area contributed by atoms with Crippen LogP contribution < -0.4 is 5.73 Å². The number of hydrogen-bond acceptors (Lipinski definition) is 3. The molecule has 1 heterocycles. The number of rotatable bonds is 2. The van der Waals surface area contributed by atoms with Gasteiger partial charge in [0.15, 0.2) is 0 Å². The van der Waals surface area contributed by atoms with Crippen LogP contribution in [0.4, 0.5) is 5.69 Å². The standard InChI is InChI=1S/C12H18N2O2S/c1-17(15,16)14-7-5-10(6-8-14)11-3-2-4-12(13)9-11/h2-4,9-10H,5-8,13H2,1H3. The van der Waals surface area contributed by atoms with Crippen molar-refractivity contribution in [1.82, 2.24) is 4.31 Å². The zero-order valence-corrected chi connectivity index (χ0v) is 10.8. The van der Waals surface area contributed by atoms with E-state index in [4.69, 9.17) is 5.73 Å². The molecule has 2 N–H and O–H groups in total. The normalized spacial score (nSPS) is 19.4. The summed E-state index contributed by atoms with van der Waals surface area (Å²) in [5.74, 6) is 0.427. The summed E-state index contributed by atoms with van der Waals surface area (Å²) in [5, 5.41) is 0. The first-order valence-electron chi connectivity index (χ1n) is 5.77. The molecule has 0 amide bonds. The van der Waals surface area contributed by atoms with Gasteiger partial charge in [-0.1, -0.05) is 12.1 Å². The fourth-order valence-corrected chi connectivity index (χ4v) is 3.21. The Morgan fingerprint density at radius 3 is 2.47 bits per heavy atom. The number of benzene rings is 1. The summed E-state index contributed by atoms with van der Waals surface area (Å²) in [4.78, 5) is 0. The number of anilines is 1. The minimum absolute atomic E-state index is 0.427. The van der Waals surface area contributed by atoms with Crippen LogP contribution in [0.3, 0.4) is 0 Å². The first-order chi connectivity index (χ1) is 7.97. The highest BCUT2D eigenvalue weighted by Gasteiger charge is 2.25. The van der Waals surface area contributed by atoms with Crippen molar-refractivity contribution in [2.24, 2.45) is 0 Å². The van der Waals surface area contributed by atoms with Crippen molar-refractivity contribution < 1.29 is 8.42 Å². The van der Waals surface area contributed by atoms with Crippen LogP contribution in [0.2, 0.25) is 0 Å². The summed E-state index contributed by atoms with van der Waals surface area (Å²) in [6, 6.07) is 7.88. The summed E-state index contributed by atoms with van der Waals surface area (Å²) in [6.45, 7) is 1.22. The minimum atomic E-state index is -3.03. The van der Waals surface area contributed by atoms with E-state index in [1.807, 2.05) is 18.2 Å². The van der Waals surface area contributed by atoms with Gasteiger partial charge >= 0.3 is 0 Å². The van der Waals surface area contributed by atoms with E-state index in [1.165, 1.54) is 11.8 Å². The molecule has 0 atom stereocenters. The van der Waals surface area contributed by atoms with Crippen LogP contribution in [0.15, 0.2) is 24.3 Å². The van der Waals surface area contributed by atoms with Crippen molar-refractivity contribution in [1.29, 1.82) is 0 Å². The third-order valence-electron chi connectivity index (χ3n) is 3.31. The smallest absolute Gasteiger partial charge is 0.211 e. The molecule has 0 saturated carbocycles. The Hall–Kier alpha value is -1.07. The van der Waals surface area contributed by atoms with Crippen molar-refractivity contribution in [2.45, 2.75) is 18.8 Å². The van der Waals surface area contributed by atoms with Crippen LogP contribution >= 0.6 is 0 Å². The Labute approximate surface area is 102 Å². The van der Waals surface area contributed by atoms with Gasteiger partial charge in [-0.25, -0.2) is 12.7 Å². The number of sulfonamides is 1. The second kappa shape index (κ2) is 4.66. The van der Waals surface area contributed by atoms with Crippen LogP contribution in [0.25, 0.3) is 0 Å². The first-order valence-corrected chi connectivity index (χ1v) is 7.62. The molecule has 1 saturated heterocycles. The Morgan fingerprint density at radius 2 is 1.94 bits per heavy atom. The molecule has 4 nitrogen and oxygen atoms in total. The molecule has 0 bridgehead atoms. The van der Waals surface area contributed by atoms with Gasteiger partial charge in [0.25, 0.3) is 0 Å². The molecule has 17 heavy (non-hydrogen) atoms. The van der Waals surface area contributed by atoms with E-state index < -0.39 is 10.0 Å². The topological polar surface area (TPSA) is 63.4 Å². The van der Waals surface area contributed by atoms with Crippen molar-refractivity contribution in [3.63, 3.8) is 0 Å². The molecule has 1 aliphatic heterocycles. The maximum absolute atomic E-state index is 11.4. The van der Waals surface area contributed by atoms with Gasteiger partial charge in [-0.2, -0.15) is 0 Å². The van der Waals surface area contributed by atoms with Gasteiger partial charge in [-0.05, 0) is 36.5 Å². The monoisotopic (exact) mass is 254 g/mol. The highest BCUT2D eigenvalue weighted by Crippen LogP contribution is 2.29. The number of nitrogen functional groups attached to an aromatic ring is 1. The lowest BCUT2D eigenvalue weighted by molar-refractivity contribution is 0.321. The van der Waals surface area contributed by atoms with Crippen molar-refractivity contribution in [2.75, 3.05) is 25.1 Å². The fourth-order valence-electron chi connectivity index (χ4n) is 2.33. The lowest BCUT2D eigenvalue weighted by Gasteiger charge is -2.30. The summed E-state index contributed by atoms with van der Waals surface area (Å²) in [6.07, 6.45) is 3.01. The molecule has 1 aliphatic rings. The van der Waals surface area contributed by atoms with Gasteiger partial charge in [0.05, 0.1) is 6.26 Å². The van der Waals surface area contributed by atoms with Crippen molar-refractivity contribution in [3.05, 3.63) is 29.8 Å². The third-order valence-corrected chi connectivity index (χ3v) is 4.61. The zero-order valence-electron chi connectivity index (χ0n) is 9.96. The van der Waals surface area contributed by atoms with E-state index in [2.05, 4.69) is 6.07 Å². The second-order valence-electron chi connectivity index (χ2n) is 4.61. The molecule has 0 spiro atoms. The summed E-state index contributed by atoms with van der Waals surface area (Å²) in [5.41, 5.74) is 7.75. The molecule has 2 rings (SSSR count). The predicted octanol–water partition coefficient (Wildman–Crippen LogP) is 1.41. The van der Waals surface area contributed by atoms with Crippen LogP contribution in [0.5, 0.6) is 0 Å². The summed E-state index contributed by atoms with van der Waals surface area (Å²) < 4.78 is 24.3. The molecule has 1 fully saturated rings. The molecular weight excluding hydrogens is 236 g/mol. The maximum atomic E-state index is 11.4. The molecule has 0 unspecified atom stereocenters. The van der Waals surface area contributed by atoms with Crippen LogP contribution in [0, 0.1) is 0 Å². The van der Waals surface area contributed by atoms with E-state index in [0.29, 0.717) is 19.0 Å². The molecule has 94 valence electrons. The lowest BCUT2D eigenvalue weighted by atomic mass is 9.90. The molecule has 1 aromatic carbocycles. The highest BCUT2D eigenvalue weighted by atomic mass is 32.2. The van der Waals surface area contributed by atoms with Gasteiger partial charge < -0.3 is 5.73 Å². The number of hydrogen-bond donors (Lipinski definition) is 1. The molecule has 0 aromatic heterocycles. The fraction of sp³-hybridized carbons (Fsp3) is 0.500. The van der Waals surface area contributed by atoms with Gasteiger partial charge in [-0.3, -0.25) is 0 Å². The minimum Gasteiger partial charge on any atom is -0.399 e. The number of nitrogens with two attached hydrogens (primary N) is 1. The Kier molecular flexibility index (Phi) is 3.40. The second-order valence-corrected chi connectivity index (χ2v) is 6.59. The highest BCUT2D eigenvalue weighted by molar-refractivity contribution is 7.88. The first kappa shape index (κ1) is 12.4. The largest absolute Gasteiger partial charge is 0.399 e. The molecule has 5 heteroatoms. The summed E-state index contributed by atoms with van der Waals surface area (Å²) >= 11 is 0. The van der Waals surface area contributed by atoms with Crippen molar-refractivity contribution in [3.8, 4) is 0 Å². The van der Waals surface area contributed by atoms with Gasteiger partial charge in [0.1, 0.15) is 0 Å². The van der Waals surface area contributed by atoms with Gasteiger partial charge in [0, 0.05) is 18.8 Å². The van der Waals surface area contributed by atoms with E-state index in [9.17, 15) is 8.42 Å².